The van der Waals surface area contributed by atoms with Gasteiger partial charge in [0.2, 0.25) is 5.95 Å². The van der Waals surface area contributed by atoms with Crippen LogP contribution in [0.2, 0.25) is 0 Å². The summed E-state index contributed by atoms with van der Waals surface area (Å²) in [6.45, 7) is 5.79. The molecule has 0 saturated carbocycles. The number of benzene rings is 1. The lowest BCUT2D eigenvalue weighted by Crippen LogP contribution is -2.19. The van der Waals surface area contributed by atoms with Crippen molar-refractivity contribution in [3.63, 3.8) is 0 Å². The van der Waals surface area contributed by atoms with E-state index in [1.165, 1.54) is 10.7 Å². The number of amides is 1. The molecule has 0 aliphatic heterocycles. The number of carbonyl (C=O) groups is 1. The predicted octanol–water partition coefficient (Wildman–Crippen LogP) is 3.65. The highest BCUT2D eigenvalue weighted by molar-refractivity contribution is 6.04. The molecule has 0 saturated heterocycles. The molecule has 4 aromatic rings. The molecule has 8 nitrogen and oxygen atoms in total. The molecule has 0 aliphatic carbocycles. The average Bonchev–Trinajstić information content (AvgIpc) is 3.36. The minimum absolute atomic E-state index is 0.216. The molecule has 0 bridgehead atoms. The topological polar surface area (TPSA) is 106 Å². The number of nitrogens with one attached hydrogen (secondary N) is 2. The number of nitrogens with zero attached hydrogens (tertiary/aromatic N) is 3. The number of aryl methyl sites for hydroxylation is 3. The van der Waals surface area contributed by atoms with Gasteiger partial charge >= 0.3 is 0 Å². The first-order valence-electron chi connectivity index (χ1n) is 9.57. The van der Waals surface area contributed by atoms with Crippen molar-refractivity contribution >= 4 is 11.7 Å². The number of hydrogen-bond acceptors (Lipinski definition) is 5. The molecule has 8 heteroatoms. The fourth-order valence-corrected chi connectivity index (χ4v) is 3.25. The third-order valence-electron chi connectivity index (χ3n) is 4.55. The van der Waals surface area contributed by atoms with Crippen molar-refractivity contribution in [3.8, 4) is 17.4 Å². The van der Waals surface area contributed by atoms with E-state index in [1.807, 2.05) is 39.0 Å². The van der Waals surface area contributed by atoms with Crippen LogP contribution in [0, 0.1) is 13.8 Å². The zero-order chi connectivity index (χ0) is 21.3. The van der Waals surface area contributed by atoms with Crippen LogP contribution in [0.5, 0.6) is 0 Å². The van der Waals surface area contributed by atoms with Gasteiger partial charge in [-0.05, 0) is 44.5 Å². The van der Waals surface area contributed by atoms with Crippen LogP contribution in [0.4, 0.5) is 5.82 Å². The summed E-state index contributed by atoms with van der Waals surface area (Å²) in [4.78, 5) is 32.1. The highest BCUT2D eigenvalue weighted by Crippen LogP contribution is 2.24. The maximum Gasteiger partial charge on any atom is 0.256 e. The Balaban J connectivity index is 1.79. The summed E-state index contributed by atoms with van der Waals surface area (Å²) in [5.41, 5.74) is 3.34. The third-order valence-corrected chi connectivity index (χ3v) is 4.55. The Morgan fingerprint density at radius 3 is 2.60 bits per heavy atom. The smallest absolute Gasteiger partial charge is 0.256 e. The largest absolute Gasteiger partial charge is 0.463 e. The van der Waals surface area contributed by atoms with E-state index in [-0.39, 0.29) is 17.4 Å². The van der Waals surface area contributed by atoms with Crippen LogP contribution in [-0.4, -0.2) is 25.7 Å². The lowest BCUT2D eigenvalue weighted by Gasteiger charge is -2.09. The van der Waals surface area contributed by atoms with Crippen molar-refractivity contribution in [2.45, 2.75) is 27.2 Å². The number of carbonyl (C=O) groups excluding carboxylic acids is 1. The van der Waals surface area contributed by atoms with Crippen LogP contribution in [0.1, 0.15) is 34.1 Å². The average molecular weight is 403 g/mol. The number of rotatable bonds is 5. The molecule has 0 radical (unpaired) electrons. The molecular formula is C22H21N5O3. The van der Waals surface area contributed by atoms with Crippen LogP contribution >= 0.6 is 0 Å². The van der Waals surface area contributed by atoms with Gasteiger partial charge in [0.15, 0.2) is 5.76 Å². The van der Waals surface area contributed by atoms with E-state index in [0.717, 1.165) is 11.1 Å². The van der Waals surface area contributed by atoms with E-state index in [2.05, 4.69) is 20.4 Å². The standard InChI is InChI=1S/C22H21N5O3/c1-4-16-11-20(28)25-22(23-16)27-19(12-17(26-27)18-6-5-7-30-18)24-21(29)15-9-13(2)8-14(3)10-15/h5-12H,4H2,1-3H3,(H,24,29)(H,23,25,28). The SMILES string of the molecule is CCc1cc(=O)[nH]c(-n2nc(-c3ccco3)cc2NC(=O)c2cc(C)cc(C)c2)n1. The number of H-pyrrole nitrogens is 1. The van der Waals surface area contributed by atoms with Gasteiger partial charge in [-0.1, -0.05) is 24.1 Å². The molecule has 0 aliphatic rings. The first-order chi connectivity index (χ1) is 14.4. The second-order valence-corrected chi connectivity index (χ2v) is 7.05. The Hall–Kier alpha value is -3.94. The van der Waals surface area contributed by atoms with Crippen LogP contribution < -0.4 is 10.9 Å². The molecule has 4 rings (SSSR count). The second-order valence-electron chi connectivity index (χ2n) is 7.05. The molecule has 0 atom stereocenters. The van der Waals surface area contributed by atoms with Crippen LogP contribution in [-0.2, 0) is 6.42 Å². The van der Waals surface area contributed by atoms with Crippen LogP contribution in [0.25, 0.3) is 17.4 Å². The molecule has 1 aromatic carbocycles. The Morgan fingerprint density at radius 1 is 1.17 bits per heavy atom. The maximum atomic E-state index is 12.9. The zero-order valence-corrected chi connectivity index (χ0v) is 16.9. The van der Waals surface area contributed by atoms with Crippen molar-refractivity contribution in [2.24, 2.45) is 0 Å². The van der Waals surface area contributed by atoms with Gasteiger partial charge in [-0.2, -0.15) is 9.78 Å². The molecule has 0 fully saturated rings. The van der Waals surface area contributed by atoms with Gasteiger partial charge < -0.3 is 9.73 Å². The molecule has 152 valence electrons. The fraction of sp³-hybridized carbons (Fsp3) is 0.182. The van der Waals surface area contributed by atoms with E-state index < -0.39 is 0 Å². The van der Waals surface area contributed by atoms with E-state index in [1.54, 1.807) is 24.5 Å². The summed E-state index contributed by atoms with van der Waals surface area (Å²) in [6.07, 6.45) is 2.13. The van der Waals surface area contributed by atoms with Gasteiger partial charge in [-0.3, -0.25) is 14.6 Å². The summed E-state index contributed by atoms with van der Waals surface area (Å²) >= 11 is 0. The number of aromatic nitrogens is 4. The Labute approximate surface area is 172 Å². The molecule has 3 heterocycles. The van der Waals surface area contributed by atoms with Crippen molar-refractivity contribution in [2.75, 3.05) is 5.32 Å². The summed E-state index contributed by atoms with van der Waals surface area (Å²) in [6, 6.07) is 12.3. The van der Waals surface area contributed by atoms with Crippen molar-refractivity contribution in [1.82, 2.24) is 19.7 Å². The van der Waals surface area contributed by atoms with Crippen molar-refractivity contribution in [1.29, 1.82) is 0 Å². The normalized spacial score (nSPS) is 10.9. The zero-order valence-electron chi connectivity index (χ0n) is 16.9. The lowest BCUT2D eigenvalue weighted by molar-refractivity contribution is 0.102. The van der Waals surface area contributed by atoms with Crippen molar-refractivity contribution in [3.05, 3.63) is 81.5 Å². The first kappa shape index (κ1) is 19.4. The van der Waals surface area contributed by atoms with Gasteiger partial charge in [0.05, 0.1) is 6.26 Å². The third kappa shape index (κ3) is 3.93. The summed E-state index contributed by atoms with van der Waals surface area (Å²) in [7, 11) is 0. The molecule has 0 unspecified atom stereocenters. The van der Waals surface area contributed by atoms with Crippen LogP contribution in [0.3, 0.4) is 0 Å². The number of aromatic amines is 1. The summed E-state index contributed by atoms with van der Waals surface area (Å²) in [5, 5.41) is 7.37. The first-order valence-corrected chi connectivity index (χ1v) is 9.57. The van der Waals surface area contributed by atoms with Gasteiger partial charge in [0, 0.05) is 23.4 Å². The van der Waals surface area contributed by atoms with Crippen molar-refractivity contribution < 1.29 is 9.21 Å². The van der Waals surface area contributed by atoms with Gasteiger partial charge in [0.25, 0.3) is 11.5 Å². The molecular weight excluding hydrogens is 382 g/mol. The van der Waals surface area contributed by atoms with E-state index in [9.17, 15) is 9.59 Å². The maximum absolute atomic E-state index is 12.9. The van der Waals surface area contributed by atoms with Gasteiger partial charge in [0.1, 0.15) is 11.5 Å². The van der Waals surface area contributed by atoms with Gasteiger partial charge in [-0.15, -0.1) is 0 Å². The summed E-state index contributed by atoms with van der Waals surface area (Å²) < 4.78 is 6.83. The number of furan rings is 1. The fourth-order valence-electron chi connectivity index (χ4n) is 3.25. The van der Waals surface area contributed by atoms with Crippen LogP contribution in [0.15, 0.2) is 57.9 Å². The van der Waals surface area contributed by atoms with E-state index >= 15 is 0 Å². The molecule has 0 spiro atoms. The quantitative estimate of drug-likeness (QED) is 0.529. The minimum Gasteiger partial charge on any atom is -0.463 e. The molecule has 1 amide bonds. The molecule has 30 heavy (non-hydrogen) atoms. The molecule has 3 aromatic heterocycles. The molecule has 2 N–H and O–H groups in total. The highest BCUT2D eigenvalue weighted by Gasteiger charge is 2.18. The minimum atomic E-state index is -0.293. The lowest BCUT2D eigenvalue weighted by atomic mass is 10.1. The highest BCUT2D eigenvalue weighted by atomic mass is 16.3. The number of hydrogen-bond donors (Lipinski definition) is 2. The monoisotopic (exact) mass is 403 g/mol. The Kier molecular flexibility index (Phi) is 5.05. The predicted molar refractivity (Wildman–Crippen MR) is 113 cm³/mol. The van der Waals surface area contributed by atoms with E-state index in [0.29, 0.717) is 35.0 Å². The Bertz CT molecular complexity index is 1250. The number of anilines is 1. The van der Waals surface area contributed by atoms with Gasteiger partial charge in [-0.25, -0.2) is 4.98 Å². The Morgan fingerprint density at radius 2 is 1.93 bits per heavy atom. The van der Waals surface area contributed by atoms with E-state index in [4.69, 9.17) is 4.42 Å². The summed E-state index contributed by atoms with van der Waals surface area (Å²) in [5.74, 6) is 0.822. The second kappa shape index (κ2) is 7.82.